The van der Waals surface area contributed by atoms with Gasteiger partial charge in [0.2, 0.25) is 0 Å². The lowest BCUT2D eigenvalue weighted by Crippen LogP contribution is -2.29. The molecule has 0 N–H and O–H groups in total. The van der Waals surface area contributed by atoms with E-state index in [9.17, 15) is 0 Å². The smallest absolute Gasteiger partial charge is 0.111 e. The Hall–Kier alpha value is -2.05. The van der Waals surface area contributed by atoms with Crippen LogP contribution in [0.4, 0.5) is 5.00 Å². The Morgan fingerprint density at radius 3 is 2.84 bits per heavy atom. The number of hydrogen-bond acceptors (Lipinski definition) is 3. The first kappa shape index (κ1) is 12.0. The minimum absolute atomic E-state index is 0.293. The molecule has 0 fully saturated rings. The van der Waals surface area contributed by atoms with Crippen LogP contribution in [-0.4, -0.2) is 12.9 Å². The summed E-state index contributed by atoms with van der Waals surface area (Å²) in [6, 6.07) is 10.6. The van der Waals surface area contributed by atoms with Gasteiger partial charge < -0.3 is 4.90 Å². The Kier molecular flexibility index (Phi) is 3.10. The van der Waals surface area contributed by atoms with Crippen molar-refractivity contribution in [3.05, 3.63) is 52.4 Å². The average Bonchev–Trinajstić information content (AvgIpc) is 2.95. The van der Waals surface area contributed by atoms with E-state index in [0.29, 0.717) is 12.7 Å². The Balaban J connectivity index is 1.90. The van der Waals surface area contributed by atoms with Gasteiger partial charge in [0.1, 0.15) is 11.7 Å². The number of rotatable bonds is 2. The second-order valence-corrected chi connectivity index (χ2v) is 5.44. The van der Waals surface area contributed by atoms with Crippen LogP contribution in [0.2, 0.25) is 0 Å². The maximum absolute atomic E-state index is 5.39. The quantitative estimate of drug-likeness (QED) is 0.757. The van der Waals surface area contributed by atoms with Crippen LogP contribution in [0.5, 0.6) is 0 Å². The van der Waals surface area contributed by atoms with Gasteiger partial charge in [-0.3, -0.25) is 4.99 Å². The van der Waals surface area contributed by atoms with Gasteiger partial charge in [-0.15, -0.1) is 17.8 Å². The first-order chi connectivity index (χ1) is 9.29. The minimum Gasteiger partial charge on any atom is -0.337 e. The number of aliphatic imine (C=N–C) groups is 1. The molecule has 2 nitrogen and oxygen atoms in total. The molecule has 19 heavy (non-hydrogen) atoms. The molecule has 0 saturated carbocycles. The van der Waals surface area contributed by atoms with Gasteiger partial charge in [0.15, 0.2) is 0 Å². The fraction of sp³-hybridized carbons (Fsp3) is 0.188. The van der Waals surface area contributed by atoms with E-state index in [2.05, 4.69) is 46.3 Å². The van der Waals surface area contributed by atoms with Gasteiger partial charge in [-0.2, -0.15) is 0 Å². The Morgan fingerprint density at radius 1 is 1.32 bits per heavy atom. The van der Waals surface area contributed by atoms with Crippen LogP contribution in [0, 0.1) is 12.3 Å². The van der Waals surface area contributed by atoms with E-state index in [4.69, 9.17) is 6.42 Å². The van der Waals surface area contributed by atoms with Crippen molar-refractivity contribution in [1.82, 2.24) is 0 Å². The van der Waals surface area contributed by atoms with Gasteiger partial charge in [-0.25, -0.2) is 0 Å². The van der Waals surface area contributed by atoms with E-state index < -0.39 is 0 Å². The normalized spacial score (nSPS) is 14.8. The molecule has 3 heteroatoms. The molecule has 0 bridgehead atoms. The van der Waals surface area contributed by atoms with Gasteiger partial charge in [0, 0.05) is 17.3 Å². The van der Waals surface area contributed by atoms with Crippen molar-refractivity contribution < 1.29 is 0 Å². The predicted molar refractivity (Wildman–Crippen MR) is 82.1 cm³/mol. The zero-order valence-electron chi connectivity index (χ0n) is 10.7. The molecule has 0 unspecified atom stereocenters. The van der Waals surface area contributed by atoms with E-state index in [-0.39, 0.29) is 0 Å². The molecule has 1 aliphatic rings. The summed E-state index contributed by atoms with van der Waals surface area (Å²) < 4.78 is 0. The van der Waals surface area contributed by atoms with Crippen LogP contribution in [0.3, 0.4) is 0 Å². The Labute approximate surface area is 117 Å². The predicted octanol–water partition coefficient (Wildman–Crippen LogP) is 3.69. The number of anilines is 1. The zero-order chi connectivity index (χ0) is 13.2. The van der Waals surface area contributed by atoms with Crippen LogP contribution in [-0.2, 0) is 0 Å². The van der Waals surface area contributed by atoms with Crippen molar-refractivity contribution in [3.63, 3.8) is 0 Å². The topological polar surface area (TPSA) is 15.6 Å². The SMILES string of the molecule is C#Cc1ccc([C@H](C)N2CN=Cc3ccsc32)cc1. The number of thiophene rings is 1. The van der Waals surface area contributed by atoms with Crippen LogP contribution in [0.25, 0.3) is 0 Å². The Morgan fingerprint density at radius 2 is 2.11 bits per heavy atom. The molecule has 94 valence electrons. The first-order valence-corrected chi connectivity index (χ1v) is 7.08. The third-order valence-corrected chi connectivity index (χ3v) is 4.39. The van der Waals surface area contributed by atoms with E-state index in [1.54, 1.807) is 11.3 Å². The molecule has 1 aromatic heterocycles. The van der Waals surface area contributed by atoms with E-state index in [1.807, 2.05) is 18.3 Å². The van der Waals surface area contributed by atoms with Crippen molar-refractivity contribution in [2.45, 2.75) is 13.0 Å². The van der Waals surface area contributed by atoms with Gasteiger partial charge in [0.25, 0.3) is 0 Å². The van der Waals surface area contributed by atoms with Gasteiger partial charge in [-0.05, 0) is 36.1 Å². The summed E-state index contributed by atoms with van der Waals surface area (Å²) in [6.07, 6.45) is 7.35. The second-order valence-electron chi connectivity index (χ2n) is 4.55. The van der Waals surface area contributed by atoms with Crippen LogP contribution in [0.1, 0.15) is 29.7 Å². The molecule has 0 aliphatic carbocycles. The van der Waals surface area contributed by atoms with Crippen LogP contribution >= 0.6 is 11.3 Å². The lowest BCUT2D eigenvalue weighted by atomic mass is 10.0. The highest BCUT2D eigenvalue weighted by Gasteiger charge is 2.21. The lowest BCUT2D eigenvalue weighted by Gasteiger charge is -2.31. The number of fused-ring (bicyclic) bond motifs is 1. The summed E-state index contributed by atoms with van der Waals surface area (Å²) in [4.78, 5) is 6.75. The summed E-state index contributed by atoms with van der Waals surface area (Å²) in [6.45, 7) is 2.92. The third kappa shape index (κ3) is 2.16. The number of hydrogen-bond donors (Lipinski definition) is 0. The second kappa shape index (κ2) is 4.91. The zero-order valence-corrected chi connectivity index (χ0v) is 11.5. The lowest BCUT2D eigenvalue weighted by molar-refractivity contribution is 0.682. The van der Waals surface area contributed by atoms with Crippen LogP contribution < -0.4 is 4.90 Å². The maximum Gasteiger partial charge on any atom is 0.111 e. The molecule has 1 aliphatic heterocycles. The molecule has 2 heterocycles. The largest absolute Gasteiger partial charge is 0.337 e. The van der Waals surface area contributed by atoms with Crippen molar-refractivity contribution in [2.75, 3.05) is 11.6 Å². The highest BCUT2D eigenvalue weighted by atomic mass is 32.1. The van der Waals surface area contributed by atoms with Gasteiger partial charge in [0.05, 0.1) is 6.04 Å². The molecule has 0 radical (unpaired) electrons. The molecule has 3 rings (SSSR count). The monoisotopic (exact) mass is 266 g/mol. The summed E-state index contributed by atoms with van der Waals surface area (Å²) >= 11 is 1.77. The molecule has 2 aromatic rings. The maximum atomic E-state index is 5.39. The summed E-state index contributed by atoms with van der Waals surface area (Å²) in [5, 5.41) is 3.41. The number of benzene rings is 1. The summed E-state index contributed by atoms with van der Waals surface area (Å²) in [5.41, 5.74) is 3.39. The van der Waals surface area contributed by atoms with Crippen molar-refractivity contribution in [2.24, 2.45) is 4.99 Å². The van der Waals surface area contributed by atoms with Crippen molar-refractivity contribution in [1.29, 1.82) is 0 Å². The number of nitrogens with zero attached hydrogens (tertiary/aromatic N) is 2. The molecular weight excluding hydrogens is 252 g/mol. The van der Waals surface area contributed by atoms with E-state index >= 15 is 0 Å². The van der Waals surface area contributed by atoms with Crippen molar-refractivity contribution >= 4 is 22.6 Å². The molecule has 0 saturated heterocycles. The number of terminal acetylenes is 1. The standard InChI is InChI=1S/C16H14N2S/c1-3-13-4-6-14(7-5-13)12(2)18-11-17-10-15-8-9-19-16(15)18/h1,4-10,12H,11H2,2H3/t12-/m0/s1. The first-order valence-electron chi connectivity index (χ1n) is 6.20. The highest BCUT2D eigenvalue weighted by molar-refractivity contribution is 7.14. The molecule has 1 atom stereocenters. The summed E-state index contributed by atoms with van der Waals surface area (Å²) in [5.74, 6) is 2.65. The van der Waals surface area contributed by atoms with E-state index in [1.165, 1.54) is 16.1 Å². The fourth-order valence-electron chi connectivity index (χ4n) is 2.27. The van der Waals surface area contributed by atoms with Crippen molar-refractivity contribution in [3.8, 4) is 12.3 Å². The highest BCUT2D eigenvalue weighted by Crippen LogP contribution is 2.35. The molecule has 1 aromatic carbocycles. The molecule has 0 spiro atoms. The molecule has 0 amide bonds. The fourth-order valence-corrected chi connectivity index (χ4v) is 3.22. The van der Waals surface area contributed by atoms with Crippen LogP contribution in [0.15, 0.2) is 40.7 Å². The minimum atomic E-state index is 0.293. The van der Waals surface area contributed by atoms with E-state index in [0.717, 1.165) is 5.56 Å². The average molecular weight is 266 g/mol. The third-order valence-electron chi connectivity index (χ3n) is 3.43. The Bertz CT molecular complexity index is 646. The van der Waals surface area contributed by atoms with Gasteiger partial charge >= 0.3 is 0 Å². The van der Waals surface area contributed by atoms with Gasteiger partial charge in [-0.1, -0.05) is 18.1 Å². The summed E-state index contributed by atoms with van der Waals surface area (Å²) in [7, 11) is 0. The molecular formula is C16H14N2S.